The second-order valence-electron chi connectivity index (χ2n) is 11.5. The number of nitrogens with one attached hydrogen (secondary N) is 2. The lowest BCUT2D eigenvalue weighted by molar-refractivity contribution is -0.124. The number of amides is 1. The number of hydrogen-bond acceptors (Lipinski definition) is 8. The number of aromatic amines is 1. The zero-order valence-corrected chi connectivity index (χ0v) is 24.2. The Morgan fingerprint density at radius 3 is 2.60 bits per heavy atom. The van der Waals surface area contributed by atoms with Crippen LogP contribution >= 0.6 is 0 Å². The molecular weight excluding hydrogens is 504 g/mol. The van der Waals surface area contributed by atoms with Gasteiger partial charge in [0.25, 0.3) is 0 Å². The van der Waals surface area contributed by atoms with Gasteiger partial charge in [0.2, 0.25) is 11.9 Å². The lowest BCUT2D eigenvalue weighted by atomic mass is 9.91. The highest BCUT2D eigenvalue weighted by molar-refractivity contribution is 5.83. The highest BCUT2D eigenvalue weighted by Crippen LogP contribution is 2.59. The molecule has 1 saturated carbocycles. The summed E-state index contributed by atoms with van der Waals surface area (Å²) in [6.07, 6.45) is 17.4. The van der Waals surface area contributed by atoms with Crippen LogP contribution in [-0.4, -0.2) is 62.9 Å². The van der Waals surface area contributed by atoms with Crippen LogP contribution < -0.4 is 11.1 Å². The molecule has 216 valence electrons. The largest absolute Gasteiger partial charge is 0.404 e. The fourth-order valence-electron chi connectivity index (χ4n) is 5.48. The summed E-state index contributed by atoms with van der Waals surface area (Å²) < 4.78 is 0. The van der Waals surface area contributed by atoms with Gasteiger partial charge in [-0.05, 0) is 76.4 Å². The number of unbranched alkanes of at least 4 members (excludes halogenated alkanes) is 3. The number of carbonyl (C=O) groups is 2. The molecular formula is C30H44N8O2. The zero-order valence-electron chi connectivity index (χ0n) is 24.2. The summed E-state index contributed by atoms with van der Waals surface area (Å²) in [6, 6.07) is -0.196. The van der Waals surface area contributed by atoms with Gasteiger partial charge < -0.3 is 20.9 Å². The maximum Gasteiger partial charge on any atom is 0.249 e. The third-order valence-electron chi connectivity index (χ3n) is 8.42. The molecule has 1 aliphatic carbocycles. The van der Waals surface area contributed by atoms with E-state index in [2.05, 4.69) is 42.2 Å². The molecule has 10 nitrogen and oxygen atoms in total. The van der Waals surface area contributed by atoms with Gasteiger partial charge in [0.05, 0.1) is 17.9 Å². The van der Waals surface area contributed by atoms with Crippen molar-refractivity contribution in [3.05, 3.63) is 36.2 Å². The monoisotopic (exact) mass is 548 g/mol. The Hall–Kier alpha value is -3.40. The lowest BCUT2D eigenvalue weighted by Crippen LogP contribution is -2.36. The first-order valence-corrected chi connectivity index (χ1v) is 14.6. The van der Waals surface area contributed by atoms with E-state index in [0.717, 1.165) is 87.1 Å². The summed E-state index contributed by atoms with van der Waals surface area (Å²) in [5.74, 6) is 1.66. The van der Waals surface area contributed by atoms with Crippen LogP contribution in [0.5, 0.6) is 0 Å². The number of aromatic nitrogens is 4. The van der Waals surface area contributed by atoms with Crippen molar-refractivity contribution in [2.45, 2.75) is 84.1 Å². The van der Waals surface area contributed by atoms with Crippen molar-refractivity contribution in [1.29, 1.82) is 0 Å². The van der Waals surface area contributed by atoms with Crippen LogP contribution in [0.2, 0.25) is 0 Å². The molecule has 1 aliphatic heterocycles. The molecule has 2 aromatic rings. The van der Waals surface area contributed by atoms with Crippen molar-refractivity contribution in [1.82, 2.24) is 30.2 Å². The van der Waals surface area contributed by atoms with Crippen molar-refractivity contribution >= 4 is 23.9 Å². The van der Waals surface area contributed by atoms with Crippen LogP contribution in [-0.2, 0) is 9.59 Å². The molecule has 1 saturated heterocycles. The molecule has 1 spiro atoms. The SMILES string of the molecule is CCC(=O)CCCCCC[C@H](NC(=O)[C@H]1CC12CCN(C)CC2)c1ncc(-c2cnc(/N=C/C(C)=C\N)nc2)[nH]1. The zero-order chi connectivity index (χ0) is 28.5. The van der Waals surface area contributed by atoms with E-state index >= 15 is 0 Å². The summed E-state index contributed by atoms with van der Waals surface area (Å²) in [5.41, 5.74) is 8.06. The van der Waals surface area contributed by atoms with Gasteiger partial charge in [0, 0.05) is 42.9 Å². The number of aliphatic imine (C=N–C) groups is 1. The Kier molecular flexibility index (Phi) is 10.2. The second-order valence-corrected chi connectivity index (χ2v) is 11.5. The lowest BCUT2D eigenvalue weighted by Gasteiger charge is -2.30. The number of Topliss-reactive ketones (excluding diaryl/α,β-unsaturated/α-hetero) is 1. The smallest absolute Gasteiger partial charge is 0.249 e. The van der Waals surface area contributed by atoms with E-state index in [1.165, 1.54) is 6.20 Å². The fourth-order valence-corrected chi connectivity index (χ4v) is 5.48. The minimum absolute atomic E-state index is 0.0949. The fraction of sp³-hybridized carbons (Fsp3) is 0.600. The summed E-state index contributed by atoms with van der Waals surface area (Å²) in [5, 5.41) is 3.34. The molecule has 0 unspecified atom stereocenters. The van der Waals surface area contributed by atoms with Crippen LogP contribution in [0.1, 0.15) is 89.9 Å². The Morgan fingerprint density at radius 1 is 1.18 bits per heavy atom. The quantitative estimate of drug-likeness (QED) is 0.231. The number of rotatable bonds is 14. The van der Waals surface area contributed by atoms with Crippen LogP contribution in [0, 0.1) is 11.3 Å². The topological polar surface area (TPSA) is 142 Å². The normalized spacial score (nSPS) is 19.7. The molecule has 4 N–H and O–H groups in total. The summed E-state index contributed by atoms with van der Waals surface area (Å²) >= 11 is 0. The van der Waals surface area contributed by atoms with Gasteiger partial charge in [-0.15, -0.1) is 0 Å². The Labute approximate surface area is 237 Å². The van der Waals surface area contributed by atoms with Crippen LogP contribution in [0.15, 0.2) is 35.4 Å². The molecule has 4 rings (SSSR count). The minimum Gasteiger partial charge on any atom is -0.404 e. The molecule has 2 atom stereocenters. The van der Waals surface area contributed by atoms with E-state index in [4.69, 9.17) is 5.73 Å². The number of carbonyl (C=O) groups excluding carboxylic acids is 2. The molecule has 10 heteroatoms. The summed E-state index contributed by atoms with van der Waals surface area (Å²) in [7, 11) is 2.15. The highest BCUT2D eigenvalue weighted by Gasteiger charge is 2.58. The number of H-pyrrole nitrogens is 1. The van der Waals surface area contributed by atoms with Gasteiger partial charge in [0.15, 0.2) is 0 Å². The van der Waals surface area contributed by atoms with Gasteiger partial charge in [-0.2, -0.15) is 0 Å². The Bertz CT molecular complexity index is 1190. The third-order valence-corrected chi connectivity index (χ3v) is 8.42. The molecule has 40 heavy (non-hydrogen) atoms. The molecule has 2 aromatic heterocycles. The molecule has 0 radical (unpaired) electrons. The van der Waals surface area contributed by atoms with Crippen molar-refractivity contribution in [2.24, 2.45) is 22.1 Å². The average molecular weight is 549 g/mol. The minimum atomic E-state index is -0.196. The van der Waals surface area contributed by atoms with Crippen LogP contribution in [0.25, 0.3) is 11.3 Å². The Balaban J connectivity index is 1.40. The van der Waals surface area contributed by atoms with Gasteiger partial charge >= 0.3 is 0 Å². The number of imidazole rings is 1. The average Bonchev–Trinajstić information content (AvgIpc) is 3.45. The number of likely N-dealkylation sites (tertiary alicyclic amines) is 1. The van der Waals surface area contributed by atoms with Crippen molar-refractivity contribution in [2.75, 3.05) is 20.1 Å². The number of nitrogens with zero attached hydrogens (tertiary/aromatic N) is 5. The number of nitrogens with two attached hydrogens (primary N) is 1. The van der Waals surface area contributed by atoms with Gasteiger partial charge in [-0.25, -0.2) is 19.9 Å². The van der Waals surface area contributed by atoms with E-state index < -0.39 is 0 Å². The van der Waals surface area contributed by atoms with Crippen molar-refractivity contribution in [3.8, 4) is 11.3 Å². The summed E-state index contributed by atoms with van der Waals surface area (Å²) in [4.78, 5) is 48.3. The van der Waals surface area contributed by atoms with Crippen molar-refractivity contribution in [3.63, 3.8) is 0 Å². The Morgan fingerprint density at radius 2 is 1.90 bits per heavy atom. The maximum absolute atomic E-state index is 13.4. The number of hydrogen-bond donors (Lipinski definition) is 3. The van der Waals surface area contributed by atoms with Crippen LogP contribution in [0.3, 0.4) is 0 Å². The van der Waals surface area contributed by atoms with E-state index in [1.54, 1.807) is 24.8 Å². The molecule has 2 fully saturated rings. The molecule has 1 amide bonds. The summed E-state index contributed by atoms with van der Waals surface area (Å²) in [6.45, 7) is 5.89. The first kappa shape index (κ1) is 29.6. The van der Waals surface area contributed by atoms with Gasteiger partial charge in [-0.1, -0.05) is 26.2 Å². The molecule has 3 heterocycles. The van der Waals surface area contributed by atoms with E-state index in [0.29, 0.717) is 24.6 Å². The predicted molar refractivity (Wildman–Crippen MR) is 157 cm³/mol. The second kappa shape index (κ2) is 13.8. The van der Waals surface area contributed by atoms with E-state index in [1.807, 2.05) is 13.8 Å². The number of allylic oxidation sites excluding steroid dienone is 1. The standard InChI is InChI=1S/C30H44N8O2/c1-4-23(39)9-7-5-6-8-10-25(37-28(40)24-15-30(24)11-13-38(3)14-12-30)27-32-20-26(36-27)22-18-34-29(35-19-22)33-17-21(2)16-31/h16-20,24-25H,4-15,31H2,1-3H3,(H,32,36)(H,37,40)/b21-16-,33-17+/t24-,25+/m1/s1. The molecule has 2 aliphatic rings. The molecule has 0 aromatic carbocycles. The van der Waals surface area contributed by atoms with E-state index in [-0.39, 0.29) is 23.3 Å². The van der Waals surface area contributed by atoms with Crippen molar-refractivity contribution < 1.29 is 9.59 Å². The van der Waals surface area contributed by atoms with E-state index in [9.17, 15) is 9.59 Å². The highest BCUT2D eigenvalue weighted by atomic mass is 16.2. The van der Waals surface area contributed by atoms with Crippen LogP contribution in [0.4, 0.5) is 5.95 Å². The third kappa shape index (κ3) is 7.84. The number of piperidine rings is 1. The van der Waals surface area contributed by atoms with Gasteiger partial charge in [0.1, 0.15) is 11.6 Å². The van der Waals surface area contributed by atoms with Gasteiger partial charge in [-0.3, -0.25) is 9.59 Å². The molecule has 0 bridgehead atoms. The first-order valence-electron chi connectivity index (χ1n) is 14.6. The maximum atomic E-state index is 13.4. The first-order chi connectivity index (χ1) is 19.3. The predicted octanol–water partition coefficient (Wildman–Crippen LogP) is 4.64. The number of ketones is 1.